The van der Waals surface area contributed by atoms with Crippen molar-refractivity contribution >= 4 is 10.1 Å². The van der Waals surface area contributed by atoms with E-state index in [9.17, 15) is 13.0 Å². The molecular weight excluding hydrogens is 379 g/mol. The van der Waals surface area contributed by atoms with Crippen LogP contribution in [-0.4, -0.2) is 39.9 Å². The van der Waals surface area contributed by atoms with Crippen molar-refractivity contribution in [1.29, 1.82) is 0 Å². The molecule has 0 saturated carbocycles. The van der Waals surface area contributed by atoms with Crippen LogP contribution in [0.2, 0.25) is 0 Å². The van der Waals surface area contributed by atoms with Crippen molar-refractivity contribution in [1.82, 2.24) is 0 Å². The van der Waals surface area contributed by atoms with Gasteiger partial charge in [0.25, 0.3) is 0 Å². The van der Waals surface area contributed by atoms with Crippen LogP contribution in [0.4, 0.5) is 0 Å². The third-order valence-electron chi connectivity index (χ3n) is 3.95. The van der Waals surface area contributed by atoms with Gasteiger partial charge in [-0.3, -0.25) is 0 Å². The molecule has 0 spiro atoms. The second kappa shape index (κ2) is 14.7. The molecule has 0 aliphatic carbocycles. The molecule has 0 heterocycles. The van der Waals surface area contributed by atoms with E-state index >= 15 is 0 Å². The van der Waals surface area contributed by atoms with E-state index in [4.69, 9.17) is 14.2 Å². The number of benzene rings is 1. The number of hydrogen-bond acceptors (Lipinski definition) is 6. The number of ether oxygens (including phenoxy) is 3. The Morgan fingerprint density at radius 2 is 1.67 bits per heavy atom. The van der Waals surface area contributed by atoms with E-state index in [1.807, 2.05) is 6.92 Å². The van der Waals surface area contributed by atoms with Gasteiger partial charge in [-0.05, 0) is 37.3 Å². The van der Waals surface area contributed by atoms with E-state index in [0.717, 1.165) is 32.1 Å². The molecular formula is C19H31NaO6S. The summed E-state index contributed by atoms with van der Waals surface area (Å²) >= 11 is 0. The first-order valence-corrected chi connectivity index (χ1v) is 10.7. The molecule has 0 aromatic heterocycles. The largest absolute Gasteiger partial charge is 1.00 e. The minimum atomic E-state index is -4.59. The molecule has 0 bridgehead atoms. The molecule has 0 radical (unpaired) electrons. The Kier molecular flexibility index (Phi) is 14.5. The summed E-state index contributed by atoms with van der Waals surface area (Å²) in [5, 5.41) is 0. The maximum Gasteiger partial charge on any atom is 1.00 e. The van der Waals surface area contributed by atoms with Crippen molar-refractivity contribution in [2.75, 3.05) is 26.9 Å². The summed E-state index contributed by atoms with van der Waals surface area (Å²) in [4.78, 5) is -0.239. The van der Waals surface area contributed by atoms with E-state index in [-0.39, 0.29) is 34.5 Å². The van der Waals surface area contributed by atoms with Crippen LogP contribution in [0.1, 0.15) is 57.9 Å². The maximum absolute atomic E-state index is 11.7. The van der Waals surface area contributed by atoms with Gasteiger partial charge < -0.3 is 18.8 Å². The molecule has 0 atom stereocenters. The van der Waals surface area contributed by atoms with Crippen LogP contribution in [0.3, 0.4) is 0 Å². The zero-order valence-corrected chi connectivity index (χ0v) is 19.9. The van der Waals surface area contributed by atoms with Crippen LogP contribution in [0, 0.1) is 0 Å². The molecule has 0 amide bonds. The average molecular weight is 411 g/mol. The molecule has 1 rings (SSSR count). The molecule has 1 aromatic rings. The molecule has 8 heteroatoms. The van der Waals surface area contributed by atoms with Crippen molar-refractivity contribution in [2.45, 2.75) is 63.7 Å². The summed E-state index contributed by atoms with van der Waals surface area (Å²) in [7, 11) is -3.10. The molecule has 150 valence electrons. The van der Waals surface area contributed by atoms with Gasteiger partial charge in [0, 0.05) is 19.3 Å². The fourth-order valence-corrected chi connectivity index (χ4v) is 3.34. The molecule has 27 heavy (non-hydrogen) atoms. The minimum absolute atomic E-state index is 0. The summed E-state index contributed by atoms with van der Waals surface area (Å²) in [6.07, 6.45) is 6.14. The number of aryl methyl sites for hydroxylation is 1. The van der Waals surface area contributed by atoms with Gasteiger partial charge in [-0.1, -0.05) is 33.1 Å². The predicted molar refractivity (Wildman–Crippen MR) is 100 cm³/mol. The summed E-state index contributed by atoms with van der Waals surface area (Å²) in [5.74, 6) is 0.738. The molecule has 1 aromatic carbocycles. The van der Waals surface area contributed by atoms with Gasteiger partial charge in [-0.25, -0.2) is 8.42 Å². The van der Waals surface area contributed by atoms with Crippen LogP contribution in [-0.2, 0) is 21.3 Å². The van der Waals surface area contributed by atoms with Crippen molar-refractivity contribution in [3.8, 4) is 11.5 Å². The van der Waals surface area contributed by atoms with Gasteiger partial charge in [-0.15, -0.1) is 0 Å². The Balaban J connectivity index is 0.00000676. The van der Waals surface area contributed by atoms with Crippen molar-refractivity contribution < 1.29 is 56.7 Å². The third kappa shape index (κ3) is 10.1. The van der Waals surface area contributed by atoms with E-state index in [2.05, 4.69) is 6.92 Å². The summed E-state index contributed by atoms with van der Waals surface area (Å²) in [5.41, 5.74) is 0.440. The molecule has 0 aliphatic rings. The van der Waals surface area contributed by atoms with Crippen molar-refractivity contribution in [3.63, 3.8) is 0 Å². The van der Waals surface area contributed by atoms with E-state index in [1.54, 1.807) is 6.07 Å². The van der Waals surface area contributed by atoms with Crippen molar-refractivity contribution in [3.05, 3.63) is 17.7 Å². The molecule has 0 fully saturated rings. The normalized spacial score (nSPS) is 11.1. The van der Waals surface area contributed by atoms with Crippen LogP contribution in [0.5, 0.6) is 11.5 Å². The van der Waals surface area contributed by atoms with Crippen LogP contribution >= 0.6 is 0 Å². The molecule has 6 nitrogen and oxygen atoms in total. The van der Waals surface area contributed by atoms with Crippen LogP contribution in [0.15, 0.2) is 17.0 Å². The SMILES string of the molecule is CCCCCCOc1cc(S(=O)(=O)[O-])c(CCCOCCC)cc1OC.[Na+]. The molecule has 0 saturated heterocycles. The number of hydrogen-bond donors (Lipinski definition) is 0. The Bertz CT molecular complexity index is 633. The van der Waals surface area contributed by atoms with Gasteiger partial charge in [0.2, 0.25) is 0 Å². The first-order valence-electron chi connectivity index (χ1n) is 9.31. The zero-order valence-electron chi connectivity index (χ0n) is 17.1. The second-order valence-corrected chi connectivity index (χ2v) is 7.54. The fourth-order valence-electron chi connectivity index (χ4n) is 2.61. The van der Waals surface area contributed by atoms with Gasteiger partial charge in [-0.2, -0.15) is 0 Å². The number of unbranched alkanes of at least 4 members (excludes halogenated alkanes) is 3. The number of rotatable bonds is 14. The van der Waals surface area contributed by atoms with E-state index < -0.39 is 10.1 Å². The second-order valence-electron chi connectivity index (χ2n) is 6.19. The Hall–Kier alpha value is -0.310. The average Bonchev–Trinajstić information content (AvgIpc) is 2.60. The number of methoxy groups -OCH3 is 1. The summed E-state index contributed by atoms with van der Waals surface area (Å²) in [6.45, 7) is 5.79. The fraction of sp³-hybridized carbons (Fsp3) is 0.684. The monoisotopic (exact) mass is 410 g/mol. The van der Waals surface area contributed by atoms with E-state index in [0.29, 0.717) is 49.7 Å². The van der Waals surface area contributed by atoms with Crippen molar-refractivity contribution in [2.24, 2.45) is 0 Å². The molecule has 0 N–H and O–H groups in total. The Labute approximate surface area is 186 Å². The van der Waals surface area contributed by atoms with Gasteiger partial charge in [0.05, 0.1) is 18.6 Å². The summed E-state index contributed by atoms with van der Waals surface area (Å²) in [6, 6.07) is 2.88. The quantitative estimate of drug-likeness (QED) is 0.258. The predicted octanol–water partition coefficient (Wildman–Crippen LogP) is 0.922. The molecule has 0 aliphatic heterocycles. The van der Waals surface area contributed by atoms with Gasteiger partial charge in [0.15, 0.2) is 11.5 Å². The molecule has 0 unspecified atom stereocenters. The topological polar surface area (TPSA) is 84.9 Å². The first-order chi connectivity index (χ1) is 12.4. The Morgan fingerprint density at radius 3 is 2.26 bits per heavy atom. The van der Waals surface area contributed by atoms with Crippen LogP contribution < -0.4 is 39.0 Å². The standard InChI is InChI=1S/C19H32O6S.Na/c1-4-6-7-8-13-25-18-15-19(26(20,21)22)16(14-17(18)23-3)10-9-12-24-11-5-2;/h14-15H,4-13H2,1-3H3,(H,20,21,22);/q;+1/p-1. The maximum atomic E-state index is 11.7. The van der Waals surface area contributed by atoms with Gasteiger partial charge in [0.1, 0.15) is 10.1 Å². The first kappa shape index (κ1) is 26.7. The summed E-state index contributed by atoms with van der Waals surface area (Å²) < 4.78 is 51.4. The van der Waals surface area contributed by atoms with Crippen LogP contribution in [0.25, 0.3) is 0 Å². The third-order valence-corrected chi connectivity index (χ3v) is 4.87. The van der Waals surface area contributed by atoms with Gasteiger partial charge >= 0.3 is 29.6 Å². The smallest absolute Gasteiger partial charge is 0.744 e. The zero-order chi connectivity index (χ0) is 19.4. The minimum Gasteiger partial charge on any atom is -0.744 e. The van der Waals surface area contributed by atoms with E-state index in [1.165, 1.54) is 13.2 Å². The Morgan fingerprint density at radius 1 is 0.926 bits per heavy atom.